The van der Waals surface area contributed by atoms with Crippen LogP contribution < -0.4 is 9.64 Å². The number of fused-ring (bicyclic) bond motifs is 2. The van der Waals surface area contributed by atoms with Crippen molar-refractivity contribution in [1.29, 1.82) is 0 Å². The molecule has 208 valence electrons. The number of hydrogen-bond acceptors (Lipinski definition) is 2. The molecule has 1 aliphatic heterocycles. The van der Waals surface area contributed by atoms with Gasteiger partial charge in [0, 0.05) is 28.0 Å². The molecule has 1 aliphatic rings. The van der Waals surface area contributed by atoms with E-state index in [1.54, 1.807) is 0 Å². The third-order valence-electron chi connectivity index (χ3n) is 8.43. The SMILES string of the molecule is C=Cc1ccc(-c2ccc(N(c3ccccc3)c3ccc(-c4ccc5c(c4)-c4cccc6cccc(c46)O5)cc3)cc2)cc1. The van der Waals surface area contributed by atoms with Gasteiger partial charge in [-0.05, 0) is 93.4 Å². The van der Waals surface area contributed by atoms with Crippen LogP contribution in [0.25, 0.3) is 50.2 Å². The summed E-state index contributed by atoms with van der Waals surface area (Å²) in [7, 11) is 0. The smallest absolute Gasteiger partial charge is 0.135 e. The summed E-state index contributed by atoms with van der Waals surface area (Å²) < 4.78 is 6.33. The predicted molar refractivity (Wildman–Crippen MR) is 185 cm³/mol. The Morgan fingerprint density at radius 1 is 0.455 bits per heavy atom. The molecule has 1 heterocycles. The molecule has 0 N–H and O–H groups in total. The molecule has 0 fully saturated rings. The van der Waals surface area contributed by atoms with Crippen LogP contribution in [0.4, 0.5) is 17.1 Å². The maximum Gasteiger partial charge on any atom is 0.135 e. The standard InChI is InChI=1S/C42H29NO/c1-2-29-14-16-30(17-15-29)31-18-23-36(24-19-31)43(35-10-4-3-5-11-35)37-25-20-32(21-26-37)34-22-27-40-39(28-34)38-12-6-8-33-9-7-13-41(44-40)42(33)38/h2-28H,1H2. The molecule has 0 unspecified atom stereocenters. The topological polar surface area (TPSA) is 12.5 Å². The summed E-state index contributed by atoms with van der Waals surface area (Å²) in [4.78, 5) is 2.30. The van der Waals surface area contributed by atoms with Crippen molar-refractivity contribution in [3.63, 3.8) is 0 Å². The normalized spacial score (nSPS) is 11.5. The second-order valence-electron chi connectivity index (χ2n) is 11.1. The highest BCUT2D eigenvalue weighted by Gasteiger charge is 2.20. The number of hydrogen-bond donors (Lipinski definition) is 0. The van der Waals surface area contributed by atoms with Gasteiger partial charge in [0.1, 0.15) is 11.5 Å². The molecule has 0 aromatic heterocycles. The van der Waals surface area contributed by atoms with Crippen molar-refractivity contribution in [3.8, 4) is 44.9 Å². The first-order valence-corrected chi connectivity index (χ1v) is 14.9. The Morgan fingerprint density at radius 2 is 1.02 bits per heavy atom. The molecule has 0 spiro atoms. The molecule has 0 aliphatic carbocycles. The predicted octanol–water partition coefficient (Wildman–Crippen LogP) is 12.1. The van der Waals surface area contributed by atoms with Crippen LogP contribution in [-0.4, -0.2) is 0 Å². The zero-order valence-corrected chi connectivity index (χ0v) is 24.2. The van der Waals surface area contributed by atoms with Gasteiger partial charge in [0.05, 0.1) is 0 Å². The largest absolute Gasteiger partial charge is 0.456 e. The zero-order valence-electron chi connectivity index (χ0n) is 24.2. The quantitative estimate of drug-likeness (QED) is 0.199. The third-order valence-corrected chi connectivity index (χ3v) is 8.43. The van der Waals surface area contributed by atoms with Gasteiger partial charge in [-0.15, -0.1) is 0 Å². The highest BCUT2D eigenvalue weighted by atomic mass is 16.5. The van der Waals surface area contributed by atoms with Crippen LogP contribution in [-0.2, 0) is 0 Å². The van der Waals surface area contributed by atoms with Crippen LogP contribution in [0.1, 0.15) is 5.56 Å². The average molecular weight is 564 g/mol. The van der Waals surface area contributed by atoms with Gasteiger partial charge in [-0.25, -0.2) is 0 Å². The summed E-state index contributed by atoms with van der Waals surface area (Å²) in [5.41, 5.74) is 11.5. The van der Waals surface area contributed by atoms with E-state index in [0.717, 1.165) is 50.8 Å². The van der Waals surface area contributed by atoms with Gasteiger partial charge in [0.25, 0.3) is 0 Å². The summed E-state index contributed by atoms with van der Waals surface area (Å²) in [5.74, 6) is 1.81. The van der Waals surface area contributed by atoms with E-state index in [-0.39, 0.29) is 0 Å². The number of nitrogens with zero attached hydrogens (tertiary/aromatic N) is 1. The van der Waals surface area contributed by atoms with E-state index >= 15 is 0 Å². The Balaban J connectivity index is 1.14. The van der Waals surface area contributed by atoms with Gasteiger partial charge in [-0.3, -0.25) is 0 Å². The highest BCUT2D eigenvalue weighted by Crippen LogP contribution is 2.47. The second-order valence-corrected chi connectivity index (χ2v) is 11.1. The van der Waals surface area contributed by atoms with Crippen LogP contribution >= 0.6 is 0 Å². The van der Waals surface area contributed by atoms with Crippen molar-refractivity contribution in [1.82, 2.24) is 0 Å². The lowest BCUT2D eigenvalue weighted by atomic mass is 9.92. The van der Waals surface area contributed by atoms with Gasteiger partial charge < -0.3 is 9.64 Å². The summed E-state index contributed by atoms with van der Waals surface area (Å²) in [6.45, 7) is 3.87. The molecule has 44 heavy (non-hydrogen) atoms. The second kappa shape index (κ2) is 10.8. The van der Waals surface area contributed by atoms with E-state index in [4.69, 9.17) is 4.74 Å². The summed E-state index contributed by atoms with van der Waals surface area (Å²) in [6, 6.07) is 55.8. The Morgan fingerprint density at radius 3 is 1.68 bits per heavy atom. The Kier molecular flexibility index (Phi) is 6.31. The van der Waals surface area contributed by atoms with Crippen molar-refractivity contribution in [2.45, 2.75) is 0 Å². The molecule has 0 amide bonds. The van der Waals surface area contributed by atoms with Crippen LogP contribution in [0.3, 0.4) is 0 Å². The Labute approximate surface area is 257 Å². The van der Waals surface area contributed by atoms with Crippen molar-refractivity contribution < 1.29 is 4.74 Å². The van der Waals surface area contributed by atoms with Crippen LogP contribution in [0.5, 0.6) is 11.5 Å². The van der Waals surface area contributed by atoms with Crippen LogP contribution in [0.15, 0.2) is 164 Å². The summed E-state index contributed by atoms with van der Waals surface area (Å²) >= 11 is 0. The van der Waals surface area contributed by atoms with E-state index in [0.29, 0.717) is 0 Å². The first-order valence-electron chi connectivity index (χ1n) is 14.9. The van der Waals surface area contributed by atoms with Crippen molar-refractivity contribution in [2.24, 2.45) is 0 Å². The van der Waals surface area contributed by atoms with Crippen molar-refractivity contribution >= 4 is 33.9 Å². The van der Waals surface area contributed by atoms with Gasteiger partial charge in [-0.2, -0.15) is 0 Å². The monoisotopic (exact) mass is 563 g/mol. The minimum atomic E-state index is 0.895. The molecule has 0 atom stereocenters. The third kappa shape index (κ3) is 4.54. The lowest BCUT2D eigenvalue weighted by Crippen LogP contribution is -2.09. The maximum absolute atomic E-state index is 6.33. The fourth-order valence-corrected chi connectivity index (χ4v) is 6.19. The minimum Gasteiger partial charge on any atom is -0.456 e. The molecule has 2 heteroatoms. The molecular formula is C42H29NO. The van der Waals surface area contributed by atoms with E-state index in [9.17, 15) is 0 Å². The van der Waals surface area contributed by atoms with Crippen LogP contribution in [0, 0.1) is 0 Å². The van der Waals surface area contributed by atoms with Crippen molar-refractivity contribution in [2.75, 3.05) is 4.90 Å². The van der Waals surface area contributed by atoms with E-state index in [1.807, 2.05) is 12.1 Å². The van der Waals surface area contributed by atoms with Gasteiger partial charge in [-0.1, -0.05) is 116 Å². The molecule has 7 aromatic carbocycles. The van der Waals surface area contributed by atoms with Crippen LogP contribution in [0.2, 0.25) is 0 Å². The molecule has 0 radical (unpaired) electrons. The lowest BCUT2D eigenvalue weighted by Gasteiger charge is -2.26. The van der Waals surface area contributed by atoms with Gasteiger partial charge in [0.15, 0.2) is 0 Å². The molecule has 2 nitrogen and oxygen atoms in total. The number of ether oxygens (including phenoxy) is 1. The minimum absolute atomic E-state index is 0.895. The first kappa shape index (κ1) is 25.8. The highest BCUT2D eigenvalue weighted by molar-refractivity contribution is 6.04. The Hall–Kier alpha value is -5.86. The van der Waals surface area contributed by atoms with Gasteiger partial charge >= 0.3 is 0 Å². The fourth-order valence-electron chi connectivity index (χ4n) is 6.19. The summed E-state index contributed by atoms with van der Waals surface area (Å²) in [5, 5.41) is 2.37. The van der Waals surface area contributed by atoms with E-state index in [2.05, 4.69) is 163 Å². The molecule has 8 rings (SSSR count). The fraction of sp³-hybridized carbons (Fsp3) is 0. The molecular weight excluding hydrogens is 534 g/mol. The zero-order chi connectivity index (χ0) is 29.5. The van der Waals surface area contributed by atoms with E-state index < -0.39 is 0 Å². The number of anilines is 3. The maximum atomic E-state index is 6.33. The molecule has 0 bridgehead atoms. The summed E-state index contributed by atoms with van der Waals surface area (Å²) in [6.07, 6.45) is 1.87. The Bertz CT molecular complexity index is 2120. The average Bonchev–Trinajstić information content (AvgIpc) is 3.10. The van der Waals surface area contributed by atoms with E-state index in [1.165, 1.54) is 27.5 Å². The number of rotatable bonds is 6. The number of para-hydroxylation sites is 1. The molecule has 7 aromatic rings. The first-order chi connectivity index (χ1) is 21.7. The molecule has 0 saturated carbocycles. The molecule has 0 saturated heterocycles. The lowest BCUT2D eigenvalue weighted by molar-refractivity contribution is 0.487. The van der Waals surface area contributed by atoms with Crippen molar-refractivity contribution in [3.05, 3.63) is 170 Å². The van der Waals surface area contributed by atoms with Gasteiger partial charge in [0.2, 0.25) is 0 Å². The number of benzene rings is 7.